The molecule has 0 aliphatic carbocycles. The van der Waals surface area contributed by atoms with Crippen molar-refractivity contribution in [2.24, 2.45) is 5.92 Å². The van der Waals surface area contributed by atoms with Crippen LogP contribution >= 0.6 is 0 Å². The number of nitrogens with one attached hydrogen (secondary N) is 1. The normalized spacial score (nSPS) is 22.9. The zero-order valence-electron chi connectivity index (χ0n) is 13.1. The van der Waals surface area contributed by atoms with E-state index in [1.807, 2.05) is 0 Å². The summed E-state index contributed by atoms with van der Waals surface area (Å²) in [6, 6.07) is 5.92. The molecule has 2 saturated heterocycles. The number of nitrogens with zero attached hydrogens (tertiary/aromatic N) is 1. The maximum atomic E-state index is 12.8. The van der Waals surface area contributed by atoms with Crippen molar-refractivity contribution in [1.29, 1.82) is 0 Å². The van der Waals surface area contributed by atoms with E-state index in [9.17, 15) is 13.2 Å². The Balaban J connectivity index is 1.84. The van der Waals surface area contributed by atoms with Crippen molar-refractivity contribution >= 4 is 0 Å². The smallest absolute Gasteiger partial charge is 0.381 e. The van der Waals surface area contributed by atoms with Gasteiger partial charge in [-0.05, 0) is 36.5 Å². The first kappa shape index (κ1) is 16.7. The van der Waals surface area contributed by atoms with Crippen LogP contribution in [0, 0.1) is 5.92 Å². The number of piperazine rings is 1. The molecule has 1 aromatic rings. The third-order valence-electron chi connectivity index (χ3n) is 4.84. The summed E-state index contributed by atoms with van der Waals surface area (Å²) in [5.74, 6) is 0.443. The lowest BCUT2D eigenvalue weighted by atomic mass is 9.85. The molecular weight excluding hydrogens is 305 g/mol. The molecule has 2 aliphatic heterocycles. The van der Waals surface area contributed by atoms with Crippen molar-refractivity contribution < 1.29 is 17.9 Å². The molecule has 2 heterocycles. The molecule has 0 radical (unpaired) electrons. The molecule has 0 amide bonds. The van der Waals surface area contributed by atoms with Gasteiger partial charge in [-0.1, -0.05) is 12.1 Å². The molecule has 0 spiro atoms. The summed E-state index contributed by atoms with van der Waals surface area (Å²) in [6.07, 6.45) is -2.34. The molecule has 1 atom stereocenters. The summed E-state index contributed by atoms with van der Waals surface area (Å²) >= 11 is 0. The third kappa shape index (κ3) is 4.05. The van der Waals surface area contributed by atoms with Gasteiger partial charge in [-0.3, -0.25) is 4.90 Å². The van der Waals surface area contributed by atoms with E-state index in [4.69, 9.17) is 4.74 Å². The van der Waals surface area contributed by atoms with Crippen LogP contribution in [0.1, 0.15) is 30.0 Å². The van der Waals surface area contributed by atoms with Gasteiger partial charge in [0.1, 0.15) is 0 Å². The molecule has 0 bridgehead atoms. The predicted octanol–water partition coefficient (Wildman–Crippen LogP) is 3.08. The highest BCUT2D eigenvalue weighted by molar-refractivity contribution is 5.27. The number of halogens is 3. The fraction of sp³-hybridized carbons (Fsp3) is 0.647. The Morgan fingerprint density at radius 2 is 1.65 bits per heavy atom. The molecule has 3 nitrogen and oxygen atoms in total. The minimum atomic E-state index is -4.28. The lowest BCUT2D eigenvalue weighted by Crippen LogP contribution is -2.47. The maximum absolute atomic E-state index is 12.8. The topological polar surface area (TPSA) is 24.5 Å². The van der Waals surface area contributed by atoms with Gasteiger partial charge in [0.15, 0.2) is 0 Å². The lowest BCUT2D eigenvalue weighted by molar-refractivity contribution is -0.137. The summed E-state index contributed by atoms with van der Waals surface area (Å²) < 4.78 is 43.8. The minimum Gasteiger partial charge on any atom is -0.381 e. The Morgan fingerprint density at radius 1 is 1.04 bits per heavy atom. The van der Waals surface area contributed by atoms with E-state index in [1.54, 1.807) is 12.1 Å². The highest BCUT2D eigenvalue weighted by Gasteiger charge is 2.33. The largest absolute Gasteiger partial charge is 0.416 e. The average molecular weight is 328 g/mol. The van der Waals surface area contributed by atoms with Crippen LogP contribution in [-0.4, -0.2) is 44.3 Å². The quantitative estimate of drug-likeness (QED) is 0.923. The Kier molecular flexibility index (Phi) is 5.24. The fourth-order valence-electron chi connectivity index (χ4n) is 3.64. The molecule has 3 rings (SSSR count). The van der Waals surface area contributed by atoms with Gasteiger partial charge in [0.2, 0.25) is 0 Å². The molecule has 2 fully saturated rings. The van der Waals surface area contributed by atoms with Gasteiger partial charge in [-0.15, -0.1) is 0 Å². The van der Waals surface area contributed by atoms with E-state index in [2.05, 4.69) is 10.2 Å². The standard InChI is InChI=1S/C17H23F3N2O/c18-17(19,20)15-3-1-13(2-4-15)16(14-5-11-23-12-6-14)22-9-7-21-8-10-22/h1-4,14,16,21H,5-12H2/t16-/m0/s1. The summed E-state index contributed by atoms with van der Waals surface area (Å²) in [7, 11) is 0. The zero-order chi connectivity index (χ0) is 16.3. The van der Waals surface area contributed by atoms with Gasteiger partial charge < -0.3 is 10.1 Å². The lowest BCUT2D eigenvalue weighted by Gasteiger charge is -2.41. The average Bonchev–Trinajstić information content (AvgIpc) is 2.57. The summed E-state index contributed by atoms with van der Waals surface area (Å²) in [5, 5.41) is 3.34. The molecule has 0 aromatic heterocycles. The molecule has 128 valence electrons. The second kappa shape index (κ2) is 7.20. The highest BCUT2D eigenvalue weighted by Crippen LogP contribution is 2.37. The van der Waals surface area contributed by atoms with Gasteiger partial charge >= 0.3 is 6.18 Å². The Morgan fingerprint density at radius 3 is 2.22 bits per heavy atom. The number of alkyl halides is 3. The van der Waals surface area contributed by atoms with E-state index >= 15 is 0 Å². The second-order valence-electron chi connectivity index (χ2n) is 6.30. The molecule has 23 heavy (non-hydrogen) atoms. The number of benzene rings is 1. The van der Waals surface area contributed by atoms with Crippen LogP contribution in [-0.2, 0) is 10.9 Å². The minimum absolute atomic E-state index is 0.184. The van der Waals surface area contributed by atoms with Crippen LogP contribution in [0.15, 0.2) is 24.3 Å². The number of hydrogen-bond donors (Lipinski definition) is 1. The molecule has 0 unspecified atom stereocenters. The van der Waals surface area contributed by atoms with E-state index in [1.165, 1.54) is 12.1 Å². The monoisotopic (exact) mass is 328 g/mol. The van der Waals surface area contributed by atoms with Crippen LogP contribution in [0.25, 0.3) is 0 Å². The van der Waals surface area contributed by atoms with Crippen LogP contribution in [0.2, 0.25) is 0 Å². The first-order valence-corrected chi connectivity index (χ1v) is 8.25. The highest BCUT2D eigenvalue weighted by atomic mass is 19.4. The summed E-state index contributed by atoms with van der Waals surface area (Å²) in [5.41, 5.74) is 0.416. The van der Waals surface area contributed by atoms with Gasteiger partial charge in [0, 0.05) is 45.4 Å². The molecule has 1 aromatic carbocycles. The molecule has 2 aliphatic rings. The number of hydrogen-bond acceptors (Lipinski definition) is 3. The summed E-state index contributed by atoms with van der Waals surface area (Å²) in [6.45, 7) is 5.22. The van der Waals surface area contributed by atoms with Crippen LogP contribution in [0.5, 0.6) is 0 Å². The Labute approximate surface area is 134 Å². The van der Waals surface area contributed by atoms with Crippen molar-refractivity contribution in [2.45, 2.75) is 25.1 Å². The van der Waals surface area contributed by atoms with E-state index < -0.39 is 11.7 Å². The second-order valence-corrected chi connectivity index (χ2v) is 6.30. The molecule has 1 N–H and O–H groups in total. The van der Waals surface area contributed by atoms with E-state index in [0.717, 1.165) is 57.8 Å². The number of rotatable bonds is 3. The first-order chi connectivity index (χ1) is 11.1. The SMILES string of the molecule is FC(F)(F)c1ccc([C@@H](C2CCOCC2)N2CCNCC2)cc1. The molecule has 0 saturated carbocycles. The summed E-state index contributed by atoms with van der Waals surface area (Å²) in [4.78, 5) is 2.41. The van der Waals surface area contributed by atoms with Gasteiger partial charge in [-0.25, -0.2) is 0 Å². The van der Waals surface area contributed by atoms with Crippen LogP contribution in [0.4, 0.5) is 13.2 Å². The Bertz CT molecular complexity index is 474. The van der Waals surface area contributed by atoms with Gasteiger partial charge in [-0.2, -0.15) is 13.2 Å². The van der Waals surface area contributed by atoms with Crippen molar-refractivity contribution in [3.05, 3.63) is 35.4 Å². The molecule has 6 heteroatoms. The van der Waals surface area contributed by atoms with E-state index in [0.29, 0.717) is 5.92 Å². The zero-order valence-corrected chi connectivity index (χ0v) is 13.1. The first-order valence-electron chi connectivity index (χ1n) is 8.25. The van der Waals surface area contributed by atoms with Crippen molar-refractivity contribution in [1.82, 2.24) is 10.2 Å². The van der Waals surface area contributed by atoms with Crippen molar-refractivity contribution in [3.8, 4) is 0 Å². The maximum Gasteiger partial charge on any atom is 0.416 e. The predicted molar refractivity (Wildman–Crippen MR) is 82.2 cm³/mol. The fourth-order valence-corrected chi connectivity index (χ4v) is 3.64. The Hall–Kier alpha value is -1.11. The van der Waals surface area contributed by atoms with Crippen molar-refractivity contribution in [2.75, 3.05) is 39.4 Å². The van der Waals surface area contributed by atoms with Crippen molar-refractivity contribution in [3.63, 3.8) is 0 Å². The molecular formula is C17H23F3N2O. The van der Waals surface area contributed by atoms with Crippen LogP contribution in [0.3, 0.4) is 0 Å². The van der Waals surface area contributed by atoms with Gasteiger partial charge in [0.05, 0.1) is 5.56 Å². The van der Waals surface area contributed by atoms with E-state index in [-0.39, 0.29) is 6.04 Å². The van der Waals surface area contributed by atoms with Crippen LogP contribution < -0.4 is 5.32 Å². The third-order valence-corrected chi connectivity index (χ3v) is 4.84. The number of ether oxygens (including phenoxy) is 1. The van der Waals surface area contributed by atoms with Gasteiger partial charge in [0.25, 0.3) is 0 Å².